The van der Waals surface area contributed by atoms with Crippen molar-refractivity contribution in [3.8, 4) is 0 Å². The summed E-state index contributed by atoms with van der Waals surface area (Å²) in [7, 11) is 0. The number of alkyl carbamates (subject to hydrolysis) is 1. The highest BCUT2D eigenvalue weighted by Gasteiger charge is 2.24. The molecule has 1 aromatic carbocycles. The number of halogens is 1. The van der Waals surface area contributed by atoms with E-state index in [9.17, 15) is 9.59 Å². The van der Waals surface area contributed by atoms with Crippen molar-refractivity contribution in [1.82, 2.24) is 10.6 Å². The maximum atomic E-state index is 12.6. The summed E-state index contributed by atoms with van der Waals surface area (Å²) in [6.45, 7) is 8.06. The van der Waals surface area contributed by atoms with Gasteiger partial charge in [0.15, 0.2) is 0 Å². The van der Waals surface area contributed by atoms with Crippen LogP contribution in [0.15, 0.2) is 18.2 Å². The average Bonchev–Trinajstić information content (AvgIpc) is 2.52. The lowest BCUT2D eigenvalue weighted by Crippen LogP contribution is -2.49. The molecule has 2 amide bonds. The average molecular weight is 475 g/mol. The maximum Gasteiger partial charge on any atom is 0.408 e. The molecule has 0 aromatic heterocycles. The molecule has 0 bridgehead atoms. The summed E-state index contributed by atoms with van der Waals surface area (Å²) in [6, 6.07) is 4.89. The molecule has 0 fully saturated rings. The van der Waals surface area contributed by atoms with Crippen molar-refractivity contribution in [2.75, 3.05) is 12.3 Å². The second kappa shape index (κ2) is 10.6. The fourth-order valence-electron chi connectivity index (χ4n) is 2.30. The molecule has 0 aliphatic rings. The summed E-state index contributed by atoms with van der Waals surface area (Å²) >= 11 is 2.15. The van der Waals surface area contributed by atoms with Gasteiger partial charge in [-0.3, -0.25) is 4.79 Å². The fourth-order valence-corrected chi connectivity index (χ4v) is 2.88. The van der Waals surface area contributed by atoms with Gasteiger partial charge in [0.1, 0.15) is 11.6 Å². The summed E-state index contributed by atoms with van der Waals surface area (Å²) in [4.78, 5) is 24.7. The Hall–Kier alpha value is -1.51. The Labute approximate surface area is 169 Å². The predicted octanol–water partition coefficient (Wildman–Crippen LogP) is 3.62. The summed E-state index contributed by atoms with van der Waals surface area (Å²) in [5.41, 5.74) is 6.84. The van der Waals surface area contributed by atoms with Gasteiger partial charge < -0.3 is 21.1 Å². The molecular weight excluding hydrogens is 445 g/mol. The molecule has 26 heavy (non-hydrogen) atoms. The van der Waals surface area contributed by atoms with Crippen LogP contribution in [0.5, 0.6) is 0 Å². The first kappa shape index (κ1) is 22.5. The first-order valence-electron chi connectivity index (χ1n) is 8.93. The zero-order valence-electron chi connectivity index (χ0n) is 16.0. The van der Waals surface area contributed by atoms with E-state index in [2.05, 4.69) is 40.1 Å². The van der Waals surface area contributed by atoms with E-state index in [1.807, 2.05) is 12.1 Å². The monoisotopic (exact) mass is 475 g/mol. The summed E-state index contributed by atoms with van der Waals surface area (Å²) in [5, 5.41) is 5.59. The predicted molar refractivity (Wildman–Crippen MR) is 113 cm³/mol. The molecular formula is C19H30IN3O3. The number of hydrogen-bond acceptors (Lipinski definition) is 4. The van der Waals surface area contributed by atoms with Crippen LogP contribution < -0.4 is 16.4 Å². The van der Waals surface area contributed by atoms with Gasteiger partial charge in [-0.25, -0.2) is 4.79 Å². The van der Waals surface area contributed by atoms with Crippen molar-refractivity contribution < 1.29 is 14.3 Å². The van der Waals surface area contributed by atoms with Crippen LogP contribution in [0.4, 0.5) is 10.5 Å². The molecule has 146 valence electrons. The van der Waals surface area contributed by atoms with Crippen LogP contribution in [0, 0.1) is 3.57 Å². The molecule has 1 rings (SSSR count). The number of hydrogen-bond donors (Lipinski definition) is 3. The third-order valence-corrected chi connectivity index (χ3v) is 4.53. The number of anilines is 1. The fraction of sp³-hybridized carbons (Fsp3) is 0.579. The number of carbonyl (C=O) groups is 2. The van der Waals surface area contributed by atoms with Gasteiger partial charge in [-0.15, -0.1) is 0 Å². The molecule has 0 saturated heterocycles. The molecule has 0 aliphatic carbocycles. The van der Waals surface area contributed by atoms with E-state index >= 15 is 0 Å². The Bertz CT molecular complexity index is 615. The Morgan fingerprint density at radius 2 is 1.96 bits per heavy atom. The largest absolute Gasteiger partial charge is 0.444 e. The second-order valence-electron chi connectivity index (χ2n) is 7.26. The van der Waals surface area contributed by atoms with Gasteiger partial charge in [-0.05, 0) is 67.5 Å². The van der Waals surface area contributed by atoms with Gasteiger partial charge in [0.25, 0.3) is 0 Å². The van der Waals surface area contributed by atoms with Gasteiger partial charge in [-0.2, -0.15) is 0 Å². The smallest absolute Gasteiger partial charge is 0.408 e. The van der Waals surface area contributed by atoms with Crippen LogP contribution in [0.3, 0.4) is 0 Å². The first-order chi connectivity index (χ1) is 12.1. The van der Waals surface area contributed by atoms with Crippen LogP contribution in [0.25, 0.3) is 0 Å². The normalized spacial score (nSPS) is 12.3. The number of rotatable bonds is 8. The molecule has 0 saturated carbocycles. The van der Waals surface area contributed by atoms with E-state index in [1.54, 1.807) is 26.8 Å². The topological polar surface area (TPSA) is 93.5 Å². The van der Waals surface area contributed by atoms with Crippen molar-refractivity contribution in [2.24, 2.45) is 0 Å². The number of carbonyl (C=O) groups excluding carboxylic acids is 2. The van der Waals surface area contributed by atoms with E-state index in [0.29, 0.717) is 18.7 Å². The van der Waals surface area contributed by atoms with E-state index in [0.717, 1.165) is 28.4 Å². The van der Waals surface area contributed by atoms with E-state index < -0.39 is 17.7 Å². The van der Waals surface area contributed by atoms with Crippen molar-refractivity contribution in [1.29, 1.82) is 0 Å². The Kier molecular flexibility index (Phi) is 9.18. The second-order valence-corrected chi connectivity index (χ2v) is 8.42. The van der Waals surface area contributed by atoms with E-state index in [1.165, 1.54) is 0 Å². The number of unbranched alkanes of at least 4 members (excludes halogenated alkanes) is 2. The van der Waals surface area contributed by atoms with Gasteiger partial charge >= 0.3 is 6.09 Å². The lowest BCUT2D eigenvalue weighted by Gasteiger charge is -2.23. The van der Waals surface area contributed by atoms with Crippen LogP contribution in [0.1, 0.15) is 52.5 Å². The van der Waals surface area contributed by atoms with Gasteiger partial charge in [0.2, 0.25) is 5.91 Å². The molecule has 4 N–H and O–H groups in total. The number of amides is 2. The first-order valence-corrected chi connectivity index (χ1v) is 10.0. The van der Waals surface area contributed by atoms with Gasteiger partial charge in [0, 0.05) is 22.2 Å². The van der Waals surface area contributed by atoms with Gasteiger partial charge in [0.05, 0.1) is 0 Å². The van der Waals surface area contributed by atoms with Crippen molar-refractivity contribution in [3.63, 3.8) is 0 Å². The number of nitrogens with two attached hydrogens (primary N) is 1. The Balaban J connectivity index is 2.80. The van der Waals surface area contributed by atoms with Crippen molar-refractivity contribution in [2.45, 2.75) is 65.0 Å². The van der Waals surface area contributed by atoms with Crippen LogP contribution in [-0.4, -0.2) is 30.2 Å². The zero-order valence-corrected chi connectivity index (χ0v) is 18.2. The summed E-state index contributed by atoms with van der Waals surface area (Å²) < 4.78 is 6.21. The highest BCUT2D eigenvalue weighted by Crippen LogP contribution is 2.17. The third-order valence-electron chi connectivity index (χ3n) is 3.59. The summed E-state index contributed by atoms with van der Waals surface area (Å²) in [5.74, 6) is -0.209. The maximum absolute atomic E-state index is 12.6. The van der Waals surface area contributed by atoms with Crippen LogP contribution in [0.2, 0.25) is 0 Å². The molecule has 0 spiro atoms. The molecule has 0 aliphatic heterocycles. The molecule has 7 heteroatoms. The molecule has 6 nitrogen and oxygen atoms in total. The minimum Gasteiger partial charge on any atom is -0.444 e. The zero-order chi connectivity index (χ0) is 19.7. The Morgan fingerprint density at radius 1 is 1.27 bits per heavy atom. The molecule has 0 heterocycles. The lowest BCUT2D eigenvalue weighted by molar-refractivity contribution is -0.123. The lowest BCUT2D eigenvalue weighted by atomic mass is 10.0. The minimum absolute atomic E-state index is 0.209. The molecule has 0 radical (unpaired) electrons. The highest BCUT2D eigenvalue weighted by molar-refractivity contribution is 14.1. The number of nitrogen functional groups attached to an aromatic ring is 1. The third kappa shape index (κ3) is 8.73. The van der Waals surface area contributed by atoms with Crippen molar-refractivity contribution >= 4 is 40.3 Å². The SMILES string of the molecule is CCCCCNC(=O)C(Cc1ccc(N)c(I)c1)NC(=O)OC(C)(C)C. The number of nitrogens with one attached hydrogen (secondary N) is 2. The Morgan fingerprint density at radius 3 is 2.54 bits per heavy atom. The highest BCUT2D eigenvalue weighted by atomic mass is 127. The quantitative estimate of drug-likeness (QED) is 0.304. The summed E-state index contributed by atoms with van der Waals surface area (Å²) in [6.07, 6.45) is 2.83. The molecule has 1 aromatic rings. The number of benzene rings is 1. The molecule has 1 atom stereocenters. The van der Waals surface area contributed by atoms with Crippen LogP contribution in [-0.2, 0) is 16.0 Å². The van der Waals surface area contributed by atoms with E-state index in [4.69, 9.17) is 10.5 Å². The molecule has 1 unspecified atom stereocenters. The van der Waals surface area contributed by atoms with Gasteiger partial charge in [-0.1, -0.05) is 25.8 Å². The van der Waals surface area contributed by atoms with E-state index in [-0.39, 0.29) is 5.91 Å². The van der Waals surface area contributed by atoms with Crippen LogP contribution >= 0.6 is 22.6 Å². The minimum atomic E-state index is -0.703. The standard InChI is InChI=1S/C19H30IN3O3/c1-5-6-7-10-22-17(24)16(23-18(25)26-19(2,3)4)12-13-8-9-15(21)14(20)11-13/h8-9,11,16H,5-7,10,12,21H2,1-4H3,(H,22,24)(H,23,25). The number of ether oxygens (including phenoxy) is 1. The van der Waals surface area contributed by atoms with Crippen molar-refractivity contribution in [3.05, 3.63) is 27.3 Å².